The van der Waals surface area contributed by atoms with Crippen LogP contribution in [0.4, 0.5) is 10.5 Å². The van der Waals surface area contributed by atoms with E-state index in [4.69, 9.17) is 19.2 Å². The third kappa shape index (κ3) is 5.12. The molecule has 1 heterocycles. The van der Waals surface area contributed by atoms with Crippen LogP contribution in [0.25, 0.3) is 33.7 Å². The van der Waals surface area contributed by atoms with Crippen molar-refractivity contribution >= 4 is 28.8 Å². The van der Waals surface area contributed by atoms with Crippen molar-refractivity contribution in [2.24, 2.45) is 0 Å². The van der Waals surface area contributed by atoms with Gasteiger partial charge in [-0.2, -0.15) is 0 Å². The van der Waals surface area contributed by atoms with Crippen molar-refractivity contribution in [1.82, 2.24) is 10.3 Å². The molecular formula is C25H23N3O5. The SMILES string of the molecule is COc1ccc(-c2nc3c(-c4ccccc4)cccc3o2)cc1NC(=O)NCCCC(=O)O. The van der Waals surface area contributed by atoms with Crippen molar-refractivity contribution in [2.45, 2.75) is 12.8 Å². The fraction of sp³-hybridized carbons (Fsp3) is 0.160. The molecule has 4 rings (SSSR count). The Balaban J connectivity index is 1.59. The number of methoxy groups -OCH3 is 1. The van der Waals surface area contributed by atoms with Crippen LogP contribution in [0.15, 0.2) is 71.1 Å². The van der Waals surface area contributed by atoms with E-state index in [1.54, 1.807) is 12.1 Å². The lowest BCUT2D eigenvalue weighted by atomic mass is 10.0. The van der Waals surface area contributed by atoms with Gasteiger partial charge in [0.1, 0.15) is 11.3 Å². The molecule has 0 saturated carbocycles. The van der Waals surface area contributed by atoms with E-state index >= 15 is 0 Å². The zero-order chi connectivity index (χ0) is 23.2. The Morgan fingerprint density at radius 3 is 2.61 bits per heavy atom. The number of carboxylic acids is 1. The Morgan fingerprint density at radius 2 is 1.85 bits per heavy atom. The normalized spacial score (nSPS) is 10.7. The molecule has 3 aromatic carbocycles. The van der Waals surface area contributed by atoms with E-state index in [1.165, 1.54) is 7.11 Å². The van der Waals surface area contributed by atoms with E-state index in [0.717, 1.165) is 16.6 Å². The average molecular weight is 445 g/mol. The third-order valence-corrected chi connectivity index (χ3v) is 5.05. The topological polar surface area (TPSA) is 114 Å². The molecule has 0 atom stereocenters. The maximum absolute atomic E-state index is 12.3. The van der Waals surface area contributed by atoms with E-state index in [1.807, 2.05) is 54.6 Å². The smallest absolute Gasteiger partial charge is 0.319 e. The molecule has 0 unspecified atom stereocenters. The number of benzene rings is 3. The van der Waals surface area contributed by atoms with Crippen molar-refractivity contribution in [3.8, 4) is 28.3 Å². The van der Waals surface area contributed by atoms with Crippen LogP contribution >= 0.6 is 0 Å². The van der Waals surface area contributed by atoms with Gasteiger partial charge in [-0.15, -0.1) is 0 Å². The number of carbonyl (C=O) groups excluding carboxylic acids is 1. The fourth-order valence-corrected chi connectivity index (χ4v) is 3.47. The molecule has 0 radical (unpaired) electrons. The van der Waals surface area contributed by atoms with Gasteiger partial charge in [0, 0.05) is 24.1 Å². The van der Waals surface area contributed by atoms with Crippen LogP contribution < -0.4 is 15.4 Å². The fourth-order valence-electron chi connectivity index (χ4n) is 3.47. The van der Waals surface area contributed by atoms with Crippen LogP contribution in [0.3, 0.4) is 0 Å². The first-order valence-corrected chi connectivity index (χ1v) is 10.4. The first-order chi connectivity index (χ1) is 16.0. The largest absolute Gasteiger partial charge is 0.495 e. The summed E-state index contributed by atoms with van der Waals surface area (Å²) >= 11 is 0. The Kier molecular flexibility index (Phi) is 6.54. The number of oxazole rings is 1. The maximum Gasteiger partial charge on any atom is 0.319 e. The minimum atomic E-state index is -0.902. The lowest BCUT2D eigenvalue weighted by molar-refractivity contribution is -0.137. The number of rotatable bonds is 8. The Labute approximate surface area is 190 Å². The van der Waals surface area contributed by atoms with Crippen molar-refractivity contribution in [3.05, 3.63) is 66.7 Å². The first kappa shape index (κ1) is 21.9. The summed E-state index contributed by atoms with van der Waals surface area (Å²) in [7, 11) is 1.51. The summed E-state index contributed by atoms with van der Waals surface area (Å²) < 4.78 is 11.4. The van der Waals surface area contributed by atoms with E-state index in [0.29, 0.717) is 34.9 Å². The average Bonchev–Trinajstić information content (AvgIpc) is 3.27. The highest BCUT2D eigenvalue weighted by atomic mass is 16.5. The second-order valence-corrected chi connectivity index (χ2v) is 7.33. The van der Waals surface area contributed by atoms with Gasteiger partial charge in [-0.05, 0) is 36.2 Å². The van der Waals surface area contributed by atoms with Crippen LogP contribution in [0, 0.1) is 0 Å². The molecule has 4 aromatic rings. The number of fused-ring (bicyclic) bond motifs is 1. The van der Waals surface area contributed by atoms with E-state index in [2.05, 4.69) is 10.6 Å². The number of carbonyl (C=O) groups is 2. The molecule has 33 heavy (non-hydrogen) atoms. The molecule has 0 aliphatic heterocycles. The molecular weight excluding hydrogens is 422 g/mol. The minimum absolute atomic E-state index is 0.0121. The Bertz CT molecular complexity index is 1280. The van der Waals surface area contributed by atoms with Crippen LogP contribution in [-0.2, 0) is 4.79 Å². The van der Waals surface area contributed by atoms with Crippen molar-refractivity contribution < 1.29 is 23.8 Å². The number of urea groups is 1. The molecule has 0 bridgehead atoms. The van der Waals surface area contributed by atoms with Gasteiger partial charge in [0.05, 0.1) is 12.8 Å². The van der Waals surface area contributed by atoms with Crippen LogP contribution in [-0.4, -0.2) is 35.7 Å². The Hall–Kier alpha value is -4.33. The third-order valence-electron chi connectivity index (χ3n) is 5.05. The molecule has 0 aliphatic rings. The van der Waals surface area contributed by atoms with Gasteiger partial charge >= 0.3 is 12.0 Å². The molecule has 0 saturated heterocycles. The van der Waals surface area contributed by atoms with Crippen LogP contribution in [0.5, 0.6) is 5.75 Å². The Morgan fingerprint density at radius 1 is 1.03 bits per heavy atom. The number of anilines is 1. The number of aliphatic carboxylic acids is 1. The number of amides is 2. The van der Waals surface area contributed by atoms with Gasteiger partial charge in [-0.1, -0.05) is 42.5 Å². The number of ether oxygens (including phenoxy) is 1. The van der Waals surface area contributed by atoms with Crippen molar-refractivity contribution in [3.63, 3.8) is 0 Å². The summed E-state index contributed by atoms with van der Waals surface area (Å²) in [6.45, 7) is 0.244. The summed E-state index contributed by atoms with van der Waals surface area (Å²) in [6.07, 6.45) is 0.328. The number of hydrogen-bond acceptors (Lipinski definition) is 5. The molecule has 0 aliphatic carbocycles. The zero-order valence-corrected chi connectivity index (χ0v) is 18.0. The highest BCUT2D eigenvalue weighted by molar-refractivity contribution is 5.94. The summed E-state index contributed by atoms with van der Waals surface area (Å²) in [6, 6.07) is 20.5. The van der Waals surface area contributed by atoms with Gasteiger partial charge in [0.15, 0.2) is 5.58 Å². The predicted octanol–water partition coefficient (Wildman–Crippen LogP) is 5.16. The van der Waals surface area contributed by atoms with E-state index < -0.39 is 12.0 Å². The maximum atomic E-state index is 12.3. The monoisotopic (exact) mass is 445 g/mol. The van der Waals surface area contributed by atoms with E-state index in [9.17, 15) is 9.59 Å². The number of carboxylic acid groups (broad SMARTS) is 1. The quantitative estimate of drug-likeness (QED) is 0.323. The van der Waals surface area contributed by atoms with Crippen LogP contribution in [0.2, 0.25) is 0 Å². The van der Waals surface area contributed by atoms with Gasteiger partial charge in [-0.25, -0.2) is 9.78 Å². The number of hydrogen-bond donors (Lipinski definition) is 3. The highest BCUT2D eigenvalue weighted by Gasteiger charge is 2.15. The predicted molar refractivity (Wildman–Crippen MR) is 125 cm³/mol. The molecule has 8 nitrogen and oxygen atoms in total. The molecule has 0 spiro atoms. The standard InChI is InChI=1S/C25H23N3O5/c1-32-20-13-12-17(15-19(20)27-25(31)26-14-6-11-22(29)30)24-28-23-18(9-5-10-21(23)33-24)16-7-3-2-4-8-16/h2-5,7-10,12-13,15H,6,11,14H2,1H3,(H,29,30)(H2,26,27,31). The lowest BCUT2D eigenvalue weighted by Gasteiger charge is -2.12. The van der Waals surface area contributed by atoms with E-state index in [-0.39, 0.29) is 13.0 Å². The van der Waals surface area contributed by atoms with Gasteiger partial charge in [0.25, 0.3) is 0 Å². The highest BCUT2D eigenvalue weighted by Crippen LogP contribution is 2.34. The van der Waals surface area contributed by atoms with Crippen molar-refractivity contribution in [2.75, 3.05) is 19.0 Å². The second-order valence-electron chi connectivity index (χ2n) is 7.33. The zero-order valence-electron chi connectivity index (χ0n) is 18.0. The minimum Gasteiger partial charge on any atom is -0.495 e. The molecule has 3 N–H and O–H groups in total. The number of aromatic nitrogens is 1. The molecule has 1 aromatic heterocycles. The van der Waals surface area contributed by atoms with Crippen LogP contribution in [0.1, 0.15) is 12.8 Å². The summed E-state index contributed by atoms with van der Waals surface area (Å²) in [5, 5.41) is 14.1. The summed E-state index contributed by atoms with van der Waals surface area (Å²) in [5.41, 5.74) is 4.53. The molecule has 0 fully saturated rings. The number of nitrogens with zero attached hydrogens (tertiary/aromatic N) is 1. The van der Waals surface area contributed by atoms with Gasteiger partial charge < -0.3 is 24.9 Å². The van der Waals surface area contributed by atoms with Crippen molar-refractivity contribution in [1.29, 1.82) is 0 Å². The summed E-state index contributed by atoms with van der Waals surface area (Å²) in [5.74, 6) is -0.0122. The molecule has 2 amide bonds. The molecule has 8 heteroatoms. The first-order valence-electron chi connectivity index (χ1n) is 10.4. The molecule has 168 valence electrons. The van der Waals surface area contributed by atoms with Gasteiger partial charge in [-0.3, -0.25) is 4.79 Å². The second kappa shape index (κ2) is 9.86. The lowest BCUT2D eigenvalue weighted by Crippen LogP contribution is -2.30. The van der Waals surface area contributed by atoms with Gasteiger partial charge in [0.2, 0.25) is 5.89 Å². The summed E-state index contributed by atoms with van der Waals surface area (Å²) in [4.78, 5) is 27.6. The number of nitrogens with one attached hydrogen (secondary N) is 2. The number of para-hydroxylation sites is 1.